The Hall–Kier alpha value is -2.07. The van der Waals surface area contributed by atoms with Crippen molar-refractivity contribution in [2.75, 3.05) is 5.73 Å². The molecular weight excluding hydrogens is 248 g/mol. The highest BCUT2D eigenvalue weighted by Crippen LogP contribution is 2.23. The maximum absolute atomic E-state index is 5.93. The Labute approximate surface area is 109 Å². The fourth-order valence-electron chi connectivity index (χ4n) is 1.96. The Morgan fingerprint density at radius 2 is 1.89 bits per heavy atom. The van der Waals surface area contributed by atoms with Crippen LogP contribution in [0.5, 0.6) is 0 Å². The lowest BCUT2D eigenvalue weighted by molar-refractivity contribution is 1.11. The molecule has 0 aliphatic carbocycles. The number of aryl methyl sites for hydroxylation is 1. The third-order valence-electron chi connectivity index (χ3n) is 2.77. The average Bonchev–Trinajstić information content (AvgIpc) is 2.74. The molecule has 0 aliphatic rings. The zero-order valence-corrected chi connectivity index (χ0v) is 10.5. The number of halogens is 1. The molecule has 5 heteroatoms. The smallest absolute Gasteiger partial charge is 0.184 e. The third kappa shape index (κ3) is 1.71. The first-order valence-corrected chi connectivity index (χ1v) is 5.90. The van der Waals surface area contributed by atoms with Gasteiger partial charge in [-0.25, -0.2) is 0 Å². The van der Waals surface area contributed by atoms with Crippen LogP contribution in [-0.4, -0.2) is 14.6 Å². The quantitative estimate of drug-likeness (QED) is 0.730. The molecule has 3 aromatic rings. The fraction of sp³-hybridized carbons (Fsp3) is 0.0769. The van der Waals surface area contributed by atoms with Crippen LogP contribution in [0.15, 0.2) is 36.5 Å². The van der Waals surface area contributed by atoms with Crippen molar-refractivity contribution >= 4 is 22.9 Å². The van der Waals surface area contributed by atoms with Crippen molar-refractivity contribution in [1.82, 2.24) is 14.6 Å². The van der Waals surface area contributed by atoms with Crippen LogP contribution in [0.3, 0.4) is 0 Å². The summed E-state index contributed by atoms with van der Waals surface area (Å²) in [4.78, 5) is 0. The first-order chi connectivity index (χ1) is 8.65. The molecule has 2 heterocycles. The lowest BCUT2D eigenvalue weighted by Crippen LogP contribution is -1.95. The summed E-state index contributed by atoms with van der Waals surface area (Å²) in [5.41, 5.74) is 9.25. The highest BCUT2D eigenvalue weighted by atomic mass is 35.5. The number of hydrogen-bond donors (Lipinski definition) is 1. The van der Waals surface area contributed by atoms with Crippen molar-refractivity contribution < 1.29 is 0 Å². The van der Waals surface area contributed by atoms with Crippen LogP contribution in [-0.2, 0) is 0 Å². The molecule has 0 aliphatic heterocycles. The summed E-state index contributed by atoms with van der Waals surface area (Å²) < 4.78 is 1.90. The van der Waals surface area contributed by atoms with Crippen molar-refractivity contribution in [1.29, 1.82) is 0 Å². The van der Waals surface area contributed by atoms with E-state index in [1.165, 1.54) is 0 Å². The largest absolute Gasteiger partial charge is 0.396 e. The van der Waals surface area contributed by atoms with Gasteiger partial charge in [0.05, 0.1) is 5.69 Å². The molecule has 0 atom stereocenters. The van der Waals surface area contributed by atoms with Gasteiger partial charge in [-0.2, -0.15) is 0 Å². The molecule has 4 nitrogen and oxygen atoms in total. The third-order valence-corrected chi connectivity index (χ3v) is 3.02. The van der Waals surface area contributed by atoms with E-state index in [2.05, 4.69) is 10.2 Å². The Kier molecular flexibility index (Phi) is 2.45. The predicted octanol–water partition coefficient (Wildman–Crippen LogP) is 2.94. The Bertz CT molecular complexity index is 716. The minimum atomic E-state index is 0.628. The normalized spacial score (nSPS) is 11.0. The molecule has 1 aromatic carbocycles. The number of fused-ring (bicyclic) bond motifs is 1. The van der Waals surface area contributed by atoms with Gasteiger partial charge in [-0.05, 0) is 42.8 Å². The van der Waals surface area contributed by atoms with Crippen LogP contribution in [0, 0.1) is 6.92 Å². The van der Waals surface area contributed by atoms with E-state index in [0.29, 0.717) is 16.4 Å². The molecule has 0 fully saturated rings. The predicted molar refractivity (Wildman–Crippen MR) is 72.6 cm³/mol. The highest BCUT2D eigenvalue weighted by molar-refractivity contribution is 6.30. The SMILES string of the molecule is Cc1cc(N)c2nnc(-c3ccc(Cl)cc3)n2c1. The van der Waals surface area contributed by atoms with Crippen molar-refractivity contribution in [3.05, 3.63) is 47.1 Å². The molecule has 0 unspecified atom stereocenters. The molecule has 0 spiro atoms. The summed E-state index contributed by atoms with van der Waals surface area (Å²) >= 11 is 5.88. The number of anilines is 1. The number of nitrogens with two attached hydrogens (primary N) is 1. The first kappa shape index (κ1) is 11.0. The van der Waals surface area contributed by atoms with Crippen molar-refractivity contribution in [2.45, 2.75) is 6.92 Å². The van der Waals surface area contributed by atoms with Gasteiger partial charge in [0.25, 0.3) is 0 Å². The maximum Gasteiger partial charge on any atom is 0.184 e. The van der Waals surface area contributed by atoms with E-state index in [4.69, 9.17) is 17.3 Å². The fourth-order valence-corrected chi connectivity index (χ4v) is 2.08. The monoisotopic (exact) mass is 258 g/mol. The van der Waals surface area contributed by atoms with Gasteiger partial charge in [0, 0.05) is 16.8 Å². The summed E-state index contributed by atoms with van der Waals surface area (Å²) in [6, 6.07) is 9.37. The molecule has 0 saturated heterocycles. The van der Waals surface area contributed by atoms with Gasteiger partial charge in [0.2, 0.25) is 0 Å². The number of nitrogens with zero attached hydrogens (tertiary/aromatic N) is 3. The number of nitrogen functional groups attached to an aromatic ring is 1. The van der Waals surface area contributed by atoms with Crippen LogP contribution in [0.1, 0.15) is 5.56 Å². The van der Waals surface area contributed by atoms with E-state index in [0.717, 1.165) is 17.0 Å². The average molecular weight is 259 g/mol. The molecular formula is C13H11ClN4. The summed E-state index contributed by atoms with van der Waals surface area (Å²) in [5.74, 6) is 0.761. The van der Waals surface area contributed by atoms with Gasteiger partial charge >= 0.3 is 0 Å². The Morgan fingerprint density at radius 1 is 1.17 bits per heavy atom. The van der Waals surface area contributed by atoms with Gasteiger partial charge in [-0.1, -0.05) is 11.6 Å². The molecule has 90 valence electrons. The molecule has 2 aromatic heterocycles. The number of aromatic nitrogens is 3. The van der Waals surface area contributed by atoms with Gasteiger partial charge in [0.1, 0.15) is 0 Å². The first-order valence-electron chi connectivity index (χ1n) is 5.52. The summed E-state index contributed by atoms with van der Waals surface area (Å²) in [5, 5.41) is 9.00. The summed E-state index contributed by atoms with van der Waals surface area (Å²) in [6.07, 6.45) is 1.97. The van der Waals surface area contributed by atoms with E-state index >= 15 is 0 Å². The van der Waals surface area contributed by atoms with E-state index in [9.17, 15) is 0 Å². The Morgan fingerprint density at radius 3 is 2.61 bits per heavy atom. The minimum absolute atomic E-state index is 0.628. The van der Waals surface area contributed by atoms with Gasteiger partial charge < -0.3 is 5.73 Å². The van der Waals surface area contributed by atoms with Crippen LogP contribution >= 0.6 is 11.6 Å². The molecule has 3 rings (SSSR count). The second-order valence-electron chi connectivity index (χ2n) is 4.20. The van der Waals surface area contributed by atoms with E-state index in [-0.39, 0.29) is 0 Å². The molecule has 18 heavy (non-hydrogen) atoms. The standard InChI is InChI=1S/C13H11ClN4/c1-8-6-11(15)13-17-16-12(18(13)7-8)9-2-4-10(14)5-3-9/h2-7H,15H2,1H3. The second-order valence-corrected chi connectivity index (χ2v) is 4.63. The van der Waals surface area contributed by atoms with Crippen LogP contribution in [0.4, 0.5) is 5.69 Å². The van der Waals surface area contributed by atoms with Crippen molar-refractivity contribution in [3.63, 3.8) is 0 Å². The second kappa shape index (κ2) is 3.99. The van der Waals surface area contributed by atoms with E-state index in [1.54, 1.807) is 0 Å². The lowest BCUT2D eigenvalue weighted by atomic mass is 10.2. The van der Waals surface area contributed by atoms with Crippen LogP contribution in [0.25, 0.3) is 17.0 Å². The van der Waals surface area contributed by atoms with Gasteiger partial charge in [-0.3, -0.25) is 4.40 Å². The van der Waals surface area contributed by atoms with E-state index in [1.807, 2.05) is 47.9 Å². The molecule has 2 N–H and O–H groups in total. The molecule has 0 amide bonds. The van der Waals surface area contributed by atoms with Crippen LogP contribution in [0.2, 0.25) is 5.02 Å². The molecule has 0 bridgehead atoms. The topological polar surface area (TPSA) is 56.2 Å². The van der Waals surface area contributed by atoms with Crippen LogP contribution < -0.4 is 5.73 Å². The zero-order chi connectivity index (χ0) is 12.7. The number of pyridine rings is 1. The van der Waals surface area contributed by atoms with E-state index < -0.39 is 0 Å². The molecule has 0 radical (unpaired) electrons. The molecule has 0 saturated carbocycles. The highest BCUT2D eigenvalue weighted by Gasteiger charge is 2.10. The number of rotatable bonds is 1. The summed E-state index contributed by atoms with van der Waals surface area (Å²) in [7, 11) is 0. The lowest BCUT2D eigenvalue weighted by Gasteiger charge is -2.03. The number of benzene rings is 1. The summed E-state index contributed by atoms with van der Waals surface area (Å²) in [6.45, 7) is 1.99. The van der Waals surface area contributed by atoms with Crippen molar-refractivity contribution in [2.24, 2.45) is 0 Å². The zero-order valence-electron chi connectivity index (χ0n) is 9.76. The minimum Gasteiger partial charge on any atom is -0.396 e. The van der Waals surface area contributed by atoms with Crippen molar-refractivity contribution in [3.8, 4) is 11.4 Å². The van der Waals surface area contributed by atoms with Gasteiger partial charge in [0.15, 0.2) is 11.5 Å². The maximum atomic E-state index is 5.93. The number of hydrogen-bond acceptors (Lipinski definition) is 3. The van der Waals surface area contributed by atoms with Gasteiger partial charge in [-0.15, -0.1) is 10.2 Å². The Balaban J connectivity index is 2.27.